The molecule has 0 spiro atoms. The first kappa shape index (κ1) is 17.7. The maximum atomic E-state index is 12.9. The summed E-state index contributed by atoms with van der Waals surface area (Å²) >= 11 is 0. The number of halogens is 1. The van der Waals surface area contributed by atoms with E-state index in [4.69, 9.17) is 10.5 Å². The Morgan fingerprint density at radius 1 is 1.12 bits per heavy atom. The summed E-state index contributed by atoms with van der Waals surface area (Å²) < 4.78 is 42.9. The van der Waals surface area contributed by atoms with Crippen molar-refractivity contribution in [3.63, 3.8) is 0 Å². The second-order valence-electron chi connectivity index (χ2n) is 5.03. The van der Waals surface area contributed by atoms with Crippen LogP contribution in [0.3, 0.4) is 0 Å². The van der Waals surface area contributed by atoms with Gasteiger partial charge in [0.05, 0.1) is 12.9 Å². The fourth-order valence-electron chi connectivity index (χ4n) is 2.04. The van der Waals surface area contributed by atoms with Gasteiger partial charge in [0.15, 0.2) is 9.84 Å². The zero-order chi connectivity index (χ0) is 17.7. The van der Waals surface area contributed by atoms with Gasteiger partial charge >= 0.3 is 0 Å². The first-order valence-corrected chi connectivity index (χ1v) is 8.60. The van der Waals surface area contributed by atoms with Crippen LogP contribution in [0.2, 0.25) is 0 Å². The fraction of sp³-hybridized carbons (Fsp3) is 0.118. The van der Waals surface area contributed by atoms with Crippen LogP contribution in [0, 0.1) is 5.82 Å². The zero-order valence-corrected chi connectivity index (χ0v) is 13.7. The molecular formula is C17H16FNO4S. The molecule has 0 heterocycles. The number of sulfone groups is 1. The van der Waals surface area contributed by atoms with Crippen molar-refractivity contribution in [2.45, 2.75) is 5.75 Å². The Morgan fingerprint density at radius 3 is 2.21 bits per heavy atom. The lowest BCUT2D eigenvalue weighted by atomic mass is 10.2. The molecule has 0 aliphatic carbocycles. The number of amides is 1. The van der Waals surface area contributed by atoms with Gasteiger partial charge in [-0.15, -0.1) is 0 Å². The predicted molar refractivity (Wildman–Crippen MR) is 89.2 cm³/mol. The minimum Gasteiger partial charge on any atom is -0.497 e. The maximum absolute atomic E-state index is 12.9. The van der Waals surface area contributed by atoms with E-state index >= 15 is 0 Å². The van der Waals surface area contributed by atoms with Gasteiger partial charge in [0.2, 0.25) is 0 Å². The molecule has 2 N–H and O–H groups in total. The summed E-state index contributed by atoms with van der Waals surface area (Å²) in [5, 5.41) is 0. The number of carbonyl (C=O) groups is 1. The highest BCUT2D eigenvalue weighted by molar-refractivity contribution is 7.95. The fourth-order valence-corrected chi connectivity index (χ4v) is 3.45. The second-order valence-corrected chi connectivity index (χ2v) is 6.99. The number of methoxy groups -OCH3 is 1. The first-order valence-electron chi connectivity index (χ1n) is 6.94. The Balaban J connectivity index is 2.34. The number of primary amides is 1. The largest absolute Gasteiger partial charge is 0.497 e. The van der Waals surface area contributed by atoms with E-state index in [1.165, 1.54) is 31.4 Å². The predicted octanol–water partition coefficient (Wildman–Crippen LogP) is 2.28. The molecule has 0 aromatic heterocycles. The van der Waals surface area contributed by atoms with Crippen LogP contribution in [-0.2, 0) is 20.4 Å². The van der Waals surface area contributed by atoms with Crippen molar-refractivity contribution in [3.8, 4) is 5.75 Å². The van der Waals surface area contributed by atoms with Crippen LogP contribution < -0.4 is 10.5 Å². The minimum absolute atomic E-state index is 0.364. The highest BCUT2D eigenvalue weighted by Crippen LogP contribution is 2.20. The molecule has 0 atom stereocenters. The lowest BCUT2D eigenvalue weighted by Gasteiger charge is -2.07. The smallest absolute Gasteiger partial charge is 0.260 e. The highest BCUT2D eigenvalue weighted by Gasteiger charge is 2.23. The number of carbonyl (C=O) groups excluding carboxylic acids is 1. The topological polar surface area (TPSA) is 86.5 Å². The molecule has 24 heavy (non-hydrogen) atoms. The van der Waals surface area contributed by atoms with Crippen LogP contribution in [0.25, 0.3) is 6.08 Å². The van der Waals surface area contributed by atoms with Crippen molar-refractivity contribution in [2.24, 2.45) is 5.73 Å². The average molecular weight is 349 g/mol. The van der Waals surface area contributed by atoms with Crippen LogP contribution in [0.4, 0.5) is 4.39 Å². The van der Waals surface area contributed by atoms with Gasteiger partial charge in [-0.2, -0.15) is 0 Å². The SMILES string of the molecule is COc1ccc(CS(=O)(=O)C(=Cc2ccc(F)cc2)C(N)=O)cc1. The monoisotopic (exact) mass is 349 g/mol. The molecular weight excluding hydrogens is 333 g/mol. The summed E-state index contributed by atoms with van der Waals surface area (Å²) in [5.41, 5.74) is 6.07. The standard InChI is InChI=1S/C17H16FNO4S/c1-23-15-8-4-13(5-9-15)11-24(21,22)16(17(19)20)10-12-2-6-14(18)7-3-12/h2-10H,11H2,1H3,(H2,19,20). The molecule has 126 valence electrons. The number of ether oxygens (including phenoxy) is 1. The van der Waals surface area contributed by atoms with E-state index in [0.717, 1.165) is 6.08 Å². The number of nitrogens with two attached hydrogens (primary N) is 1. The van der Waals surface area contributed by atoms with Gasteiger partial charge in [0.25, 0.3) is 5.91 Å². The molecule has 0 bridgehead atoms. The normalized spacial score (nSPS) is 12.0. The summed E-state index contributed by atoms with van der Waals surface area (Å²) in [6, 6.07) is 11.5. The van der Waals surface area contributed by atoms with Crippen LogP contribution in [0.15, 0.2) is 53.4 Å². The molecule has 0 fully saturated rings. The van der Waals surface area contributed by atoms with E-state index in [1.807, 2.05) is 0 Å². The molecule has 0 aliphatic rings. The van der Waals surface area contributed by atoms with Gasteiger partial charge in [0.1, 0.15) is 16.5 Å². The number of hydrogen-bond acceptors (Lipinski definition) is 4. The number of hydrogen-bond donors (Lipinski definition) is 1. The van der Waals surface area contributed by atoms with E-state index < -0.39 is 26.5 Å². The summed E-state index contributed by atoms with van der Waals surface area (Å²) in [6.45, 7) is 0. The average Bonchev–Trinajstić information content (AvgIpc) is 2.54. The van der Waals surface area contributed by atoms with Crippen LogP contribution in [0.1, 0.15) is 11.1 Å². The third-order valence-corrected chi connectivity index (χ3v) is 4.96. The summed E-state index contributed by atoms with van der Waals surface area (Å²) in [4.78, 5) is 11.1. The molecule has 2 aromatic rings. The molecule has 1 amide bonds. The number of benzene rings is 2. The Hall–Kier alpha value is -2.67. The quantitative estimate of drug-likeness (QED) is 0.811. The van der Waals surface area contributed by atoms with E-state index in [1.54, 1.807) is 24.3 Å². The second kappa shape index (κ2) is 7.27. The molecule has 0 saturated carbocycles. The summed E-state index contributed by atoms with van der Waals surface area (Å²) in [5.74, 6) is -1.32. The van der Waals surface area contributed by atoms with E-state index in [0.29, 0.717) is 16.9 Å². The molecule has 2 aromatic carbocycles. The van der Waals surface area contributed by atoms with Crippen LogP contribution in [-0.4, -0.2) is 21.4 Å². The van der Waals surface area contributed by atoms with Gasteiger partial charge in [-0.05, 0) is 41.5 Å². The van der Waals surface area contributed by atoms with Crippen LogP contribution >= 0.6 is 0 Å². The van der Waals surface area contributed by atoms with Gasteiger partial charge in [-0.25, -0.2) is 12.8 Å². The highest BCUT2D eigenvalue weighted by atomic mass is 32.2. The Labute approximate surface area is 139 Å². The molecule has 5 nitrogen and oxygen atoms in total. The molecule has 0 aliphatic heterocycles. The molecule has 2 rings (SSSR count). The van der Waals surface area contributed by atoms with Crippen LogP contribution in [0.5, 0.6) is 5.75 Å². The lowest BCUT2D eigenvalue weighted by molar-refractivity contribution is -0.113. The third-order valence-electron chi connectivity index (χ3n) is 3.26. The Morgan fingerprint density at radius 2 is 1.71 bits per heavy atom. The van der Waals surface area contributed by atoms with Gasteiger partial charge in [-0.1, -0.05) is 24.3 Å². The lowest BCUT2D eigenvalue weighted by Crippen LogP contribution is -2.22. The summed E-state index contributed by atoms with van der Waals surface area (Å²) in [6.07, 6.45) is 1.14. The van der Waals surface area contributed by atoms with Crippen molar-refractivity contribution in [3.05, 3.63) is 70.4 Å². The number of rotatable bonds is 6. The first-order chi connectivity index (χ1) is 11.3. The van der Waals surface area contributed by atoms with E-state index in [-0.39, 0.29) is 5.75 Å². The van der Waals surface area contributed by atoms with Gasteiger partial charge in [0, 0.05) is 0 Å². The Kier molecular flexibility index (Phi) is 5.35. The van der Waals surface area contributed by atoms with Crippen molar-refractivity contribution in [1.29, 1.82) is 0 Å². The third kappa shape index (κ3) is 4.42. The Bertz CT molecular complexity index is 856. The minimum atomic E-state index is -3.95. The van der Waals surface area contributed by atoms with E-state index in [9.17, 15) is 17.6 Å². The molecule has 0 saturated heterocycles. The van der Waals surface area contributed by atoms with E-state index in [2.05, 4.69) is 0 Å². The zero-order valence-electron chi connectivity index (χ0n) is 12.9. The summed E-state index contributed by atoms with van der Waals surface area (Å²) in [7, 11) is -2.45. The molecule has 0 radical (unpaired) electrons. The van der Waals surface area contributed by atoms with Gasteiger partial charge < -0.3 is 10.5 Å². The molecule has 7 heteroatoms. The maximum Gasteiger partial charge on any atom is 0.260 e. The van der Waals surface area contributed by atoms with Gasteiger partial charge in [-0.3, -0.25) is 4.79 Å². The van der Waals surface area contributed by atoms with Crippen molar-refractivity contribution in [1.82, 2.24) is 0 Å². The van der Waals surface area contributed by atoms with Crippen molar-refractivity contribution < 1.29 is 22.3 Å². The molecule has 0 unspecified atom stereocenters. The van der Waals surface area contributed by atoms with Crippen molar-refractivity contribution >= 4 is 21.8 Å². The van der Waals surface area contributed by atoms with Crippen molar-refractivity contribution in [2.75, 3.05) is 7.11 Å².